The lowest BCUT2D eigenvalue weighted by molar-refractivity contribution is 0.0697. The quantitative estimate of drug-likeness (QED) is 0.881. The molecule has 6 heteroatoms. The van der Waals surface area contributed by atoms with Crippen molar-refractivity contribution in [3.63, 3.8) is 0 Å². The summed E-state index contributed by atoms with van der Waals surface area (Å²) in [7, 11) is 3.41. The monoisotopic (exact) mass is 372 g/mol. The number of likely N-dealkylation sites (tertiary alicyclic amines) is 1. The number of carbonyl (C=O) groups is 2. The first-order valence-corrected chi connectivity index (χ1v) is 10.1. The second-order valence-corrected chi connectivity index (χ2v) is 8.08. The van der Waals surface area contributed by atoms with Crippen molar-refractivity contribution in [1.82, 2.24) is 9.80 Å². The summed E-state index contributed by atoms with van der Waals surface area (Å²) in [5.41, 5.74) is 2.38. The van der Waals surface area contributed by atoms with Crippen molar-refractivity contribution in [3.8, 4) is 0 Å². The van der Waals surface area contributed by atoms with Gasteiger partial charge < -0.3 is 20.0 Å². The summed E-state index contributed by atoms with van der Waals surface area (Å²) in [6.07, 6.45) is 5.69. The minimum atomic E-state index is -0.189. The molecule has 0 spiro atoms. The fourth-order valence-corrected chi connectivity index (χ4v) is 3.81. The molecule has 6 nitrogen and oxygen atoms in total. The van der Waals surface area contributed by atoms with Crippen LogP contribution in [0.25, 0.3) is 0 Å². The number of carbonyl (C=O) groups excluding carboxylic acids is 2. The van der Waals surface area contributed by atoms with Crippen LogP contribution >= 0.6 is 0 Å². The van der Waals surface area contributed by atoms with Gasteiger partial charge >= 0.3 is 6.03 Å². The highest BCUT2D eigenvalue weighted by atomic mass is 16.2. The molecule has 0 aromatic heterocycles. The fourth-order valence-electron chi connectivity index (χ4n) is 3.81. The zero-order valence-corrected chi connectivity index (χ0v) is 16.8. The zero-order valence-electron chi connectivity index (χ0n) is 16.8. The summed E-state index contributed by atoms with van der Waals surface area (Å²) in [5, 5.41) is 2.87. The van der Waals surface area contributed by atoms with Crippen LogP contribution in [0.2, 0.25) is 0 Å². The van der Waals surface area contributed by atoms with Crippen LogP contribution in [0.5, 0.6) is 0 Å². The smallest absolute Gasteiger partial charge is 0.321 e. The molecule has 0 unspecified atom stereocenters. The summed E-state index contributed by atoms with van der Waals surface area (Å²) in [5.74, 6) is 0.768. The first kappa shape index (κ1) is 19.5. The van der Waals surface area contributed by atoms with E-state index in [4.69, 9.17) is 0 Å². The molecule has 27 heavy (non-hydrogen) atoms. The van der Waals surface area contributed by atoms with Gasteiger partial charge in [0.25, 0.3) is 5.91 Å². The van der Waals surface area contributed by atoms with Crippen molar-refractivity contribution in [1.29, 1.82) is 0 Å². The number of hydrogen-bond donors (Lipinski definition) is 1. The fraction of sp³-hybridized carbons (Fsp3) is 0.619. The third-order valence-corrected chi connectivity index (χ3v) is 5.65. The Bertz CT molecular complexity index is 675. The van der Waals surface area contributed by atoms with Crippen LogP contribution < -0.4 is 10.2 Å². The van der Waals surface area contributed by atoms with E-state index in [1.54, 1.807) is 14.1 Å². The normalized spacial score (nSPS) is 18.3. The Labute approximate surface area is 162 Å². The molecule has 0 saturated carbocycles. The van der Waals surface area contributed by atoms with E-state index < -0.39 is 0 Å². The van der Waals surface area contributed by atoms with Crippen molar-refractivity contribution in [2.75, 3.05) is 50.5 Å². The van der Waals surface area contributed by atoms with Crippen molar-refractivity contribution in [3.05, 3.63) is 23.8 Å². The van der Waals surface area contributed by atoms with Gasteiger partial charge in [0.2, 0.25) is 0 Å². The number of nitrogens with zero attached hydrogens (tertiary/aromatic N) is 3. The van der Waals surface area contributed by atoms with Crippen LogP contribution in [0.3, 0.4) is 0 Å². The van der Waals surface area contributed by atoms with Gasteiger partial charge in [-0.05, 0) is 56.2 Å². The summed E-state index contributed by atoms with van der Waals surface area (Å²) in [4.78, 5) is 31.1. The van der Waals surface area contributed by atoms with Crippen molar-refractivity contribution >= 4 is 23.3 Å². The molecule has 2 aliphatic heterocycles. The molecule has 1 N–H and O–H groups in total. The topological polar surface area (TPSA) is 55.9 Å². The number of hydrogen-bond acceptors (Lipinski definition) is 3. The third-order valence-electron chi connectivity index (χ3n) is 5.65. The highest BCUT2D eigenvalue weighted by Crippen LogP contribution is 2.29. The first-order chi connectivity index (χ1) is 13.0. The lowest BCUT2D eigenvalue weighted by Crippen LogP contribution is -2.39. The van der Waals surface area contributed by atoms with E-state index in [0.717, 1.165) is 57.5 Å². The van der Waals surface area contributed by atoms with Crippen LogP contribution in [0.4, 0.5) is 16.2 Å². The van der Waals surface area contributed by atoms with Gasteiger partial charge in [0.05, 0.1) is 5.56 Å². The largest absolute Gasteiger partial charge is 0.371 e. The lowest BCUT2D eigenvalue weighted by atomic mass is 9.98. The summed E-state index contributed by atoms with van der Waals surface area (Å²) < 4.78 is 0. The van der Waals surface area contributed by atoms with E-state index >= 15 is 0 Å². The molecule has 1 aromatic carbocycles. The van der Waals surface area contributed by atoms with Crippen molar-refractivity contribution in [2.24, 2.45) is 5.92 Å². The molecule has 0 bridgehead atoms. The molecule has 2 saturated heterocycles. The van der Waals surface area contributed by atoms with Gasteiger partial charge in [0, 0.05) is 51.6 Å². The molecule has 2 aliphatic rings. The standard InChI is InChI=1S/C21H32N4O2/c1-16-9-13-25(14-10-16)20(26)18-15-17(22-21(27)23(2)3)7-8-19(18)24-11-5-4-6-12-24/h7-8,15-16H,4-6,9-14H2,1-3H3,(H,22,27). The van der Waals surface area contributed by atoms with Crippen LogP contribution in [0, 0.1) is 5.92 Å². The predicted octanol–water partition coefficient (Wildman–Crippen LogP) is 3.64. The van der Waals surface area contributed by atoms with Crippen LogP contribution in [-0.4, -0.2) is 62.0 Å². The number of anilines is 2. The van der Waals surface area contributed by atoms with Crippen LogP contribution in [-0.2, 0) is 0 Å². The highest BCUT2D eigenvalue weighted by Gasteiger charge is 2.26. The zero-order chi connectivity index (χ0) is 19.4. The molecule has 2 fully saturated rings. The number of amides is 3. The molecule has 148 valence electrons. The van der Waals surface area contributed by atoms with Crippen LogP contribution in [0.15, 0.2) is 18.2 Å². The molecular formula is C21H32N4O2. The molecule has 2 heterocycles. The number of rotatable bonds is 3. The third kappa shape index (κ3) is 4.73. The van der Waals surface area contributed by atoms with Gasteiger partial charge in [0.15, 0.2) is 0 Å². The Balaban J connectivity index is 1.88. The Hall–Kier alpha value is -2.24. The SMILES string of the molecule is CC1CCN(C(=O)c2cc(NC(=O)N(C)C)ccc2N2CCCCC2)CC1. The number of piperidine rings is 2. The highest BCUT2D eigenvalue weighted by molar-refractivity contribution is 6.02. The van der Waals surface area contributed by atoms with E-state index in [2.05, 4.69) is 17.1 Å². The number of urea groups is 1. The van der Waals surface area contributed by atoms with Gasteiger partial charge in [-0.1, -0.05) is 6.92 Å². The Morgan fingerprint density at radius 1 is 1.04 bits per heavy atom. The minimum absolute atomic E-state index is 0.0865. The molecule has 0 atom stereocenters. The molecule has 0 aliphatic carbocycles. The second-order valence-electron chi connectivity index (χ2n) is 8.08. The van der Waals surface area contributed by atoms with Gasteiger partial charge in [-0.3, -0.25) is 4.79 Å². The molecule has 3 amide bonds. The summed E-state index contributed by atoms with van der Waals surface area (Å²) in [6, 6.07) is 5.56. The minimum Gasteiger partial charge on any atom is -0.371 e. The van der Waals surface area contributed by atoms with Crippen molar-refractivity contribution in [2.45, 2.75) is 39.0 Å². The Morgan fingerprint density at radius 2 is 1.70 bits per heavy atom. The van der Waals surface area contributed by atoms with Gasteiger partial charge in [-0.15, -0.1) is 0 Å². The van der Waals surface area contributed by atoms with Gasteiger partial charge in [-0.2, -0.15) is 0 Å². The Morgan fingerprint density at radius 3 is 2.33 bits per heavy atom. The first-order valence-electron chi connectivity index (χ1n) is 10.1. The van der Waals surface area contributed by atoms with E-state index in [1.165, 1.54) is 11.3 Å². The summed E-state index contributed by atoms with van der Waals surface area (Å²) >= 11 is 0. The Kier molecular flexibility index (Phi) is 6.24. The maximum Gasteiger partial charge on any atom is 0.321 e. The average molecular weight is 373 g/mol. The summed E-state index contributed by atoms with van der Waals surface area (Å²) in [6.45, 7) is 5.85. The number of nitrogens with one attached hydrogen (secondary N) is 1. The van der Waals surface area contributed by atoms with Gasteiger partial charge in [-0.25, -0.2) is 4.79 Å². The molecule has 3 rings (SSSR count). The van der Waals surface area contributed by atoms with E-state index in [1.807, 2.05) is 23.1 Å². The molecular weight excluding hydrogens is 340 g/mol. The van der Waals surface area contributed by atoms with Gasteiger partial charge in [0.1, 0.15) is 0 Å². The van der Waals surface area contributed by atoms with Crippen molar-refractivity contribution < 1.29 is 9.59 Å². The maximum absolute atomic E-state index is 13.3. The average Bonchev–Trinajstić information content (AvgIpc) is 2.68. The lowest BCUT2D eigenvalue weighted by Gasteiger charge is -2.34. The van der Waals surface area contributed by atoms with E-state index in [9.17, 15) is 9.59 Å². The second kappa shape index (κ2) is 8.63. The number of benzene rings is 1. The molecule has 1 aromatic rings. The van der Waals surface area contributed by atoms with E-state index in [-0.39, 0.29) is 11.9 Å². The maximum atomic E-state index is 13.3. The molecule has 0 radical (unpaired) electrons. The van der Waals surface area contributed by atoms with E-state index in [0.29, 0.717) is 17.2 Å². The van der Waals surface area contributed by atoms with Crippen LogP contribution in [0.1, 0.15) is 49.4 Å². The predicted molar refractivity (Wildman–Crippen MR) is 110 cm³/mol.